The molecule has 0 spiro atoms. The number of carbonyl (C=O) groups is 1. The van der Waals surface area contributed by atoms with Gasteiger partial charge in [-0.05, 0) is 36.4 Å². The molecule has 0 unspecified atom stereocenters. The van der Waals surface area contributed by atoms with Crippen molar-refractivity contribution in [1.82, 2.24) is 0 Å². The van der Waals surface area contributed by atoms with E-state index in [0.717, 1.165) is 0 Å². The lowest BCUT2D eigenvalue weighted by atomic mass is 10.1. The van der Waals surface area contributed by atoms with Crippen molar-refractivity contribution in [2.75, 3.05) is 5.75 Å². The van der Waals surface area contributed by atoms with E-state index in [2.05, 4.69) is 0 Å². The van der Waals surface area contributed by atoms with E-state index in [4.69, 9.17) is 16.9 Å². The van der Waals surface area contributed by atoms with Crippen LogP contribution in [0.1, 0.15) is 15.9 Å². The van der Waals surface area contributed by atoms with Gasteiger partial charge in [0.15, 0.2) is 15.6 Å². The first-order valence-corrected chi connectivity index (χ1v) is 7.97. The number of Topliss-reactive ketones (excluding diaryl/α,β-unsaturated/α-hetero) is 1. The third kappa shape index (κ3) is 3.69. The second-order valence-corrected chi connectivity index (χ2v) is 6.75. The lowest BCUT2D eigenvalue weighted by molar-refractivity contribution is 0.102. The third-order valence-corrected chi connectivity index (χ3v) is 4.71. The van der Waals surface area contributed by atoms with Crippen molar-refractivity contribution in [3.05, 3.63) is 64.7 Å². The maximum absolute atomic E-state index is 12.1. The molecule has 0 aromatic heterocycles. The first-order valence-electron chi connectivity index (χ1n) is 5.94. The van der Waals surface area contributed by atoms with Crippen LogP contribution in [0.4, 0.5) is 0 Å². The molecule has 0 bridgehead atoms. The second kappa shape index (κ2) is 6.08. The molecule has 4 nitrogen and oxygen atoms in total. The van der Waals surface area contributed by atoms with Crippen LogP contribution in [0.25, 0.3) is 0 Å². The number of sulfone groups is 1. The molecule has 2 aromatic rings. The number of nitrogens with zero attached hydrogens (tertiary/aromatic N) is 1. The zero-order valence-corrected chi connectivity index (χ0v) is 12.4. The van der Waals surface area contributed by atoms with E-state index in [1.165, 1.54) is 48.5 Å². The van der Waals surface area contributed by atoms with Crippen LogP contribution in [0.5, 0.6) is 0 Å². The molecule has 6 heteroatoms. The van der Waals surface area contributed by atoms with Gasteiger partial charge in [0.1, 0.15) is 5.75 Å². The van der Waals surface area contributed by atoms with Crippen LogP contribution in [0, 0.1) is 11.3 Å². The monoisotopic (exact) mass is 319 g/mol. The Morgan fingerprint density at radius 2 is 1.62 bits per heavy atom. The normalized spacial score (nSPS) is 10.9. The summed E-state index contributed by atoms with van der Waals surface area (Å²) in [4.78, 5) is 12.1. The highest BCUT2D eigenvalue weighted by atomic mass is 35.5. The molecule has 2 aromatic carbocycles. The van der Waals surface area contributed by atoms with E-state index >= 15 is 0 Å². The minimum absolute atomic E-state index is 0.0499. The van der Waals surface area contributed by atoms with E-state index in [1.807, 2.05) is 6.07 Å². The van der Waals surface area contributed by atoms with Crippen molar-refractivity contribution in [2.24, 2.45) is 0 Å². The number of hydrogen-bond acceptors (Lipinski definition) is 4. The maximum atomic E-state index is 12.1. The summed E-state index contributed by atoms with van der Waals surface area (Å²) in [7, 11) is -3.71. The van der Waals surface area contributed by atoms with Crippen molar-refractivity contribution >= 4 is 27.2 Å². The van der Waals surface area contributed by atoms with Crippen LogP contribution >= 0.6 is 11.6 Å². The summed E-state index contributed by atoms with van der Waals surface area (Å²) in [6, 6.07) is 13.4. The Labute approximate surface area is 127 Å². The van der Waals surface area contributed by atoms with Crippen molar-refractivity contribution in [1.29, 1.82) is 5.26 Å². The Morgan fingerprint density at radius 1 is 1.05 bits per heavy atom. The van der Waals surface area contributed by atoms with Crippen LogP contribution in [0.3, 0.4) is 0 Å². The average molecular weight is 320 g/mol. The molecule has 0 saturated carbocycles. The van der Waals surface area contributed by atoms with E-state index in [-0.39, 0.29) is 10.5 Å². The molecule has 0 aliphatic heterocycles. The fourth-order valence-corrected chi connectivity index (χ4v) is 3.07. The van der Waals surface area contributed by atoms with Gasteiger partial charge in [0.25, 0.3) is 0 Å². The molecule has 0 saturated heterocycles. The summed E-state index contributed by atoms with van der Waals surface area (Å²) in [6.45, 7) is 0. The summed E-state index contributed by atoms with van der Waals surface area (Å²) >= 11 is 5.70. The summed E-state index contributed by atoms with van der Waals surface area (Å²) in [5.74, 6) is -1.14. The van der Waals surface area contributed by atoms with E-state index < -0.39 is 21.4 Å². The molecule has 0 aliphatic rings. The molecule has 0 atom stereocenters. The fourth-order valence-electron chi connectivity index (χ4n) is 1.71. The second-order valence-electron chi connectivity index (χ2n) is 4.33. The maximum Gasteiger partial charge on any atom is 0.185 e. The van der Waals surface area contributed by atoms with Crippen LogP contribution in [-0.2, 0) is 9.84 Å². The van der Waals surface area contributed by atoms with Gasteiger partial charge < -0.3 is 0 Å². The highest BCUT2D eigenvalue weighted by Gasteiger charge is 2.20. The number of halogens is 1. The average Bonchev–Trinajstić information content (AvgIpc) is 2.47. The highest BCUT2D eigenvalue weighted by molar-refractivity contribution is 7.92. The van der Waals surface area contributed by atoms with Gasteiger partial charge in [0.2, 0.25) is 0 Å². The van der Waals surface area contributed by atoms with Crippen molar-refractivity contribution in [3.63, 3.8) is 0 Å². The third-order valence-electron chi connectivity index (χ3n) is 2.83. The number of nitriles is 1. The number of benzene rings is 2. The van der Waals surface area contributed by atoms with Crippen LogP contribution in [0.2, 0.25) is 5.02 Å². The van der Waals surface area contributed by atoms with Gasteiger partial charge in [-0.15, -0.1) is 0 Å². The van der Waals surface area contributed by atoms with Gasteiger partial charge in [-0.3, -0.25) is 4.79 Å². The summed E-state index contributed by atoms with van der Waals surface area (Å²) in [6.07, 6.45) is 0. The van der Waals surface area contributed by atoms with Crippen molar-refractivity contribution in [2.45, 2.75) is 4.90 Å². The summed E-state index contributed by atoms with van der Waals surface area (Å²) in [5.41, 5.74) is 0.665. The molecule has 2 rings (SSSR count). The van der Waals surface area contributed by atoms with E-state index in [1.54, 1.807) is 0 Å². The lowest BCUT2D eigenvalue weighted by Gasteiger charge is -2.04. The minimum Gasteiger partial charge on any atom is -0.293 e. The zero-order valence-electron chi connectivity index (χ0n) is 10.8. The molecule has 0 heterocycles. The molecule has 0 aliphatic carbocycles. The number of rotatable bonds is 4. The Bertz CT molecular complexity index is 803. The van der Waals surface area contributed by atoms with Gasteiger partial charge in [0, 0.05) is 10.6 Å². The van der Waals surface area contributed by atoms with Gasteiger partial charge in [-0.2, -0.15) is 5.26 Å². The molecule has 21 heavy (non-hydrogen) atoms. The van der Waals surface area contributed by atoms with Gasteiger partial charge >= 0.3 is 0 Å². The molecule has 0 fully saturated rings. The Hall–Kier alpha value is -2.16. The Kier molecular flexibility index (Phi) is 4.41. The Balaban J connectivity index is 2.21. The largest absolute Gasteiger partial charge is 0.293 e. The van der Waals surface area contributed by atoms with Crippen LogP contribution < -0.4 is 0 Å². The van der Waals surface area contributed by atoms with E-state index in [9.17, 15) is 13.2 Å². The predicted molar refractivity (Wildman–Crippen MR) is 79.0 cm³/mol. The number of ketones is 1. The number of hydrogen-bond donors (Lipinski definition) is 0. The highest BCUT2D eigenvalue weighted by Crippen LogP contribution is 2.16. The smallest absolute Gasteiger partial charge is 0.185 e. The zero-order chi connectivity index (χ0) is 15.5. The first-order chi connectivity index (χ1) is 9.92. The lowest BCUT2D eigenvalue weighted by Crippen LogP contribution is -2.16. The van der Waals surface area contributed by atoms with Gasteiger partial charge in [-0.25, -0.2) is 8.42 Å². The minimum atomic E-state index is -3.71. The molecule has 0 radical (unpaired) electrons. The molecule has 0 amide bonds. The molecular weight excluding hydrogens is 310 g/mol. The Morgan fingerprint density at radius 3 is 2.14 bits per heavy atom. The van der Waals surface area contributed by atoms with Crippen molar-refractivity contribution in [3.8, 4) is 6.07 Å². The first kappa shape index (κ1) is 15.2. The topological polar surface area (TPSA) is 75.0 Å². The summed E-state index contributed by atoms with van der Waals surface area (Å²) < 4.78 is 24.3. The van der Waals surface area contributed by atoms with E-state index in [0.29, 0.717) is 10.6 Å². The fraction of sp³-hybridized carbons (Fsp3) is 0.0667. The van der Waals surface area contributed by atoms with Gasteiger partial charge in [0.05, 0.1) is 16.5 Å². The molecular formula is C15H10ClNO3S. The molecule has 106 valence electrons. The number of carbonyl (C=O) groups excluding carboxylic acids is 1. The quantitative estimate of drug-likeness (QED) is 0.812. The standard InChI is InChI=1S/C15H10ClNO3S/c16-13-5-7-14(8-6-13)21(19,20)10-15(18)12-3-1-11(9-17)2-4-12/h1-8H,10H2. The van der Waals surface area contributed by atoms with Crippen LogP contribution in [0.15, 0.2) is 53.4 Å². The van der Waals surface area contributed by atoms with Crippen LogP contribution in [-0.4, -0.2) is 20.0 Å². The van der Waals surface area contributed by atoms with Gasteiger partial charge in [-0.1, -0.05) is 23.7 Å². The van der Waals surface area contributed by atoms with Crippen molar-refractivity contribution < 1.29 is 13.2 Å². The predicted octanol–water partition coefficient (Wildman–Crippen LogP) is 2.87. The molecule has 0 N–H and O–H groups in total. The summed E-state index contributed by atoms with van der Waals surface area (Å²) in [5, 5.41) is 9.11. The SMILES string of the molecule is N#Cc1ccc(C(=O)CS(=O)(=O)c2ccc(Cl)cc2)cc1.